The minimum absolute atomic E-state index is 0.214. The number of esters is 1. The van der Waals surface area contributed by atoms with Crippen LogP contribution in [0.15, 0.2) is 33.5 Å². The SMILES string of the molecule is C[C@H]1C[C@H](C)CN(C(=O)COC(=O)c2cc3cccc([N+](=O)[O-])c3oc2=O)C1. The summed E-state index contributed by atoms with van der Waals surface area (Å²) >= 11 is 0. The zero-order valence-corrected chi connectivity index (χ0v) is 15.5. The number of hydrogen-bond donors (Lipinski definition) is 0. The number of likely N-dealkylation sites (tertiary alicyclic amines) is 1. The summed E-state index contributed by atoms with van der Waals surface area (Å²) in [4.78, 5) is 48.7. The molecule has 9 nitrogen and oxygen atoms in total. The van der Waals surface area contributed by atoms with E-state index in [1.165, 1.54) is 24.3 Å². The Hall–Kier alpha value is -3.23. The average Bonchev–Trinajstić information content (AvgIpc) is 2.63. The minimum Gasteiger partial charge on any atom is -0.452 e. The number of non-ortho nitro benzene ring substituents is 1. The predicted molar refractivity (Wildman–Crippen MR) is 98.9 cm³/mol. The molecule has 1 saturated heterocycles. The molecule has 1 aromatic heterocycles. The predicted octanol–water partition coefficient (Wildman–Crippen LogP) is 2.36. The number of nitrogens with zero attached hydrogens (tertiary/aromatic N) is 2. The van der Waals surface area contributed by atoms with E-state index >= 15 is 0 Å². The second kappa shape index (κ2) is 7.79. The van der Waals surface area contributed by atoms with Crippen molar-refractivity contribution in [3.05, 3.63) is 50.4 Å². The summed E-state index contributed by atoms with van der Waals surface area (Å²) in [7, 11) is 0. The van der Waals surface area contributed by atoms with E-state index in [4.69, 9.17) is 9.15 Å². The lowest BCUT2D eigenvalue weighted by Crippen LogP contribution is -2.44. The van der Waals surface area contributed by atoms with Gasteiger partial charge in [0.2, 0.25) is 5.58 Å². The number of carbonyl (C=O) groups is 2. The van der Waals surface area contributed by atoms with Gasteiger partial charge in [0.1, 0.15) is 5.56 Å². The van der Waals surface area contributed by atoms with Crippen LogP contribution in [0.25, 0.3) is 11.0 Å². The number of rotatable bonds is 4. The number of benzene rings is 1. The molecule has 1 amide bonds. The Morgan fingerprint density at radius 1 is 1.29 bits per heavy atom. The average molecular weight is 388 g/mol. The van der Waals surface area contributed by atoms with Gasteiger partial charge in [0.15, 0.2) is 6.61 Å². The van der Waals surface area contributed by atoms with Crippen molar-refractivity contribution in [3.63, 3.8) is 0 Å². The third-order valence-corrected chi connectivity index (χ3v) is 4.70. The van der Waals surface area contributed by atoms with Gasteiger partial charge in [-0.15, -0.1) is 0 Å². The van der Waals surface area contributed by atoms with Crippen molar-refractivity contribution >= 4 is 28.5 Å². The van der Waals surface area contributed by atoms with Crippen molar-refractivity contribution in [2.75, 3.05) is 19.7 Å². The monoisotopic (exact) mass is 388 g/mol. The van der Waals surface area contributed by atoms with Crippen molar-refractivity contribution in [3.8, 4) is 0 Å². The molecule has 1 aliphatic heterocycles. The van der Waals surface area contributed by atoms with Gasteiger partial charge in [0.05, 0.1) is 4.92 Å². The molecule has 0 N–H and O–H groups in total. The first-order valence-corrected chi connectivity index (χ1v) is 8.92. The molecule has 28 heavy (non-hydrogen) atoms. The molecule has 0 unspecified atom stereocenters. The van der Waals surface area contributed by atoms with Crippen LogP contribution in [-0.2, 0) is 9.53 Å². The van der Waals surface area contributed by atoms with Crippen LogP contribution in [0.4, 0.5) is 5.69 Å². The van der Waals surface area contributed by atoms with Gasteiger partial charge >= 0.3 is 17.3 Å². The van der Waals surface area contributed by atoms with Gasteiger partial charge < -0.3 is 14.1 Å². The van der Waals surface area contributed by atoms with Gasteiger partial charge in [-0.05, 0) is 24.3 Å². The summed E-state index contributed by atoms with van der Waals surface area (Å²) in [6.07, 6.45) is 1.04. The molecule has 2 aromatic rings. The van der Waals surface area contributed by atoms with Crippen LogP contribution in [0.3, 0.4) is 0 Å². The number of hydrogen-bond acceptors (Lipinski definition) is 7. The number of piperidine rings is 1. The van der Waals surface area contributed by atoms with Gasteiger partial charge in [-0.1, -0.05) is 26.0 Å². The fourth-order valence-corrected chi connectivity index (χ4v) is 3.58. The van der Waals surface area contributed by atoms with Crippen molar-refractivity contribution in [1.29, 1.82) is 0 Å². The molecule has 1 aromatic carbocycles. The zero-order valence-electron chi connectivity index (χ0n) is 15.5. The quantitative estimate of drug-likeness (QED) is 0.341. The van der Waals surface area contributed by atoms with Crippen LogP contribution in [0.1, 0.15) is 30.6 Å². The summed E-state index contributed by atoms with van der Waals surface area (Å²) < 4.78 is 9.96. The fraction of sp³-hybridized carbons (Fsp3) is 0.421. The van der Waals surface area contributed by atoms with E-state index in [0.717, 1.165) is 6.42 Å². The smallest absolute Gasteiger partial charge is 0.351 e. The van der Waals surface area contributed by atoms with Crippen LogP contribution in [-0.4, -0.2) is 41.4 Å². The lowest BCUT2D eigenvalue weighted by molar-refractivity contribution is -0.383. The van der Waals surface area contributed by atoms with E-state index in [1.54, 1.807) is 4.90 Å². The molecule has 0 aliphatic carbocycles. The number of nitro benzene ring substituents is 1. The highest BCUT2D eigenvalue weighted by Gasteiger charge is 2.27. The van der Waals surface area contributed by atoms with Gasteiger partial charge in [0, 0.05) is 24.5 Å². The maximum Gasteiger partial charge on any atom is 0.351 e. The molecule has 0 spiro atoms. The lowest BCUT2D eigenvalue weighted by Gasteiger charge is -2.34. The largest absolute Gasteiger partial charge is 0.452 e. The van der Waals surface area contributed by atoms with Gasteiger partial charge in [-0.25, -0.2) is 9.59 Å². The van der Waals surface area contributed by atoms with Crippen LogP contribution in [0.5, 0.6) is 0 Å². The Morgan fingerprint density at radius 2 is 1.96 bits per heavy atom. The number of nitro groups is 1. The molecule has 0 radical (unpaired) electrons. The van der Waals surface area contributed by atoms with E-state index in [-0.39, 0.29) is 22.6 Å². The Bertz CT molecular complexity index is 987. The van der Waals surface area contributed by atoms with Crippen molar-refractivity contribution < 1.29 is 23.7 Å². The Morgan fingerprint density at radius 3 is 2.61 bits per heavy atom. The highest BCUT2D eigenvalue weighted by Crippen LogP contribution is 2.25. The fourth-order valence-electron chi connectivity index (χ4n) is 3.58. The molecule has 0 bridgehead atoms. The highest BCUT2D eigenvalue weighted by molar-refractivity contribution is 5.95. The number of amides is 1. The number of fused-ring (bicyclic) bond motifs is 1. The summed E-state index contributed by atoms with van der Waals surface area (Å²) in [5.74, 6) is -0.598. The first-order valence-electron chi connectivity index (χ1n) is 8.92. The summed E-state index contributed by atoms with van der Waals surface area (Å²) in [6.45, 7) is 4.83. The first kappa shape index (κ1) is 19.5. The lowest BCUT2D eigenvalue weighted by atomic mass is 9.92. The van der Waals surface area contributed by atoms with Crippen LogP contribution >= 0.6 is 0 Å². The number of carbonyl (C=O) groups excluding carboxylic acids is 2. The highest BCUT2D eigenvalue weighted by atomic mass is 16.6. The Balaban J connectivity index is 1.75. The van der Waals surface area contributed by atoms with E-state index in [9.17, 15) is 24.5 Å². The Kier molecular flexibility index (Phi) is 5.43. The van der Waals surface area contributed by atoms with E-state index < -0.39 is 28.7 Å². The minimum atomic E-state index is -1.06. The second-order valence-corrected chi connectivity index (χ2v) is 7.22. The van der Waals surface area contributed by atoms with Crippen molar-refractivity contribution in [2.45, 2.75) is 20.3 Å². The molecule has 0 saturated carbocycles. The van der Waals surface area contributed by atoms with E-state index in [0.29, 0.717) is 24.9 Å². The van der Waals surface area contributed by atoms with E-state index in [2.05, 4.69) is 13.8 Å². The third kappa shape index (κ3) is 4.03. The standard InChI is InChI=1S/C19H20N2O7/c1-11-6-12(2)9-20(8-11)16(22)10-27-18(23)14-7-13-4-3-5-15(21(25)26)17(13)28-19(14)24/h3-5,7,11-12H,6,8-10H2,1-2H3/t11-,12-/m0/s1. The van der Waals surface area contributed by atoms with Gasteiger partial charge in [-0.2, -0.15) is 0 Å². The van der Waals surface area contributed by atoms with Crippen LogP contribution < -0.4 is 5.63 Å². The number of ether oxygens (including phenoxy) is 1. The third-order valence-electron chi connectivity index (χ3n) is 4.70. The van der Waals surface area contributed by atoms with Crippen LogP contribution in [0, 0.1) is 22.0 Å². The maximum atomic E-state index is 12.3. The van der Waals surface area contributed by atoms with Crippen LogP contribution in [0.2, 0.25) is 0 Å². The molecular formula is C19H20N2O7. The molecule has 1 fully saturated rings. The zero-order chi connectivity index (χ0) is 20.4. The number of para-hydroxylation sites is 1. The summed E-state index contributed by atoms with van der Waals surface area (Å²) in [5, 5.41) is 11.2. The summed E-state index contributed by atoms with van der Waals surface area (Å²) in [5.41, 5.74) is -2.07. The first-order chi connectivity index (χ1) is 13.3. The normalized spacial score (nSPS) is 19.4. The molecule has 2 heterocycles. The maximum absolute atomic E-state index is 12.3. The van der Waals surface area contributed by atoms with Crippen molar-refractivity contribution in [2.24, 2.45) is 11.8 Å². The van der Waals surface area contributed by atoms with Gasteiger partial charge in [-0.3, -0.25) is 14.9 Å². The molecule has 148 valence electrons. The van der Waals surface area contributed by atoms with E-state index in [1.807, 2.05) is 0 Å². The Labute approximate surface area is 160 Å². The molecule has 9 heteroatoms. The molecular weight excluding hydrogens is 368 g/mol. The molecule has 2 atom stereocenters. The van der Waals surface area contributed by atoms with Crippen molar-refractivity contribution in [1.82, 2.24) is 4.90 Å². The molecule has 1 aliphatic rings. The second-order valence-electron chi connectivity index (χ2n) is 7.22. The topological polar surface area (TPSA) is 120 Å². The molecule has 3 rings (SSSR count). The van der Waals surface area contributed by atoms with Gasteiger partial charge in [0.25, 0.3) is 5.91 Å². The summed E-state index contributed by atoms with van der Waals surface area (Å²) in [6, 6.07) is 5.26.